The monoisotopic (exact) mass is 73.1 g/mol. The van der Waals surface area contributed by atoms with Crippen LogP contribution in [0.25, 0.3) is 0 Å². The molecule has 1 N–H and O–H groups in total. The number of aliphatic hydroxyl groups excluding tert-OH is 1. The van der Waals surface area contributed by atoms with Crippen molar-refractivity contribution in [3.63, 3.8) is 0 Å². The summed E-state index contributed by atoms with van der Waals surface area (Å²) in [5, 5.41) is 8.15. The van der Waals surface area contributed by atoms with Crippen LogP contribution in [-0.2, 0) is 0 Å². The highest BCUT2D eigenvalue weighted by Gasteiger charge is 1.62. The summed E-state index contributed by atoms with van der Waals surface area (Å²) in [6.07, 6.45) is 1.87. The molecule has 0 saturated heterocycles. The third-order valence-corrected chi connectivity index (χ3v) is 0.272. The molecule has 0 amide bonds. The molecule has 0 fully saturated rings. The van der Waals surface area contributed by atoms with Gasteiger partial charge in [0, 0.05) is 6.58 Å². The Balaban J connectivity index is 2.81. The lowest BCUT2D eigenvalue weighted by Gasteiger charge is -1.73. The molecule has 0 rings (SSSR count). The summed E-state index contributed by atoms with van der Waals surface area (Å²) in [6.45, 7) is 2.35. The van der Waals surface area contributed by atoms with Crippen molar-refractivity contribution in [2.45, 2.75) is 6.42 Å². The normalized spacial score (nSPS) is 16.6. The standard InChI is InChI=1S/C4H8O/c1-2-3-4-5/h2,5H,1,3-4H2/i4D/t4-/m1/s1. The first-order chi connectivity index (χ1) is 2.77. The lowest BCUT2D eigenvalue weighted by atomic mass is 10.5. The van der Waals surface area contributed by atoms with Gasteiger partial charge in [0.25, 0.3) is 0 Å². The zero-order valence-electron chi connectivity index (χ0n) is 4.02. The van der Waals surface area contributed by atoms with Crippen LogP contribution in [0.5, 0.6) is 0 Å². The maximum Gasteiger partial charge on any atom is 0.0567 e. The van der Waals surface area contributed by atoms with Gasteiger partial charge in [-0.05, 0) is 6.42 Å². The first-order valence-corrected chi connectivity index (χ1v) is 1.48. The fourth-order valence-corrected chi connectivity index (χ4v) is 0.0745. The van der Waals surface area contributed by atoms with E-state index in [1.165, 1.54) is 6.08 Å². The van der Waals surface area contributed by atoms with Gasteiger partial charge in [-0.25, -0.2) is 0 Å². The zero-order chi connectivity index (χ0) is 4.99. The summed E-state index contributed by atoms with van der Waals surface area (Å²) < 4.78 is 6.46. The Kier molecular flexibility index (Phi) is 2.16. The van der Waals surface area contributed by atoms with Crippen molar-refractivity contribution in [2.75, 3.05) is 6.58 Å². The summed E-state index contributed by atoms with van der Waals surface area (Å²) in [7, 11) is 0. The average Bonchev–Trinajstić information content (AvgIpc) is 1.35. The molecule has 1 atom stereocenters. The molecule has 0 heterocycles. The Hall–Kier alpha value is -0.300. The third kappa shape index (κ3) is 3.70. The molecular formula is C4H8O. The molecule has 0 aromatic heterocycles. The van der Waals surface area contributed by atoms with Crippen LogP contribution in [0.2, 0.25) is 0 Å². The van der Waals surface area contributed by atoms with Gasteiger partial charge in [0.05, 0.1) is 1.37 Å². The summed E-state index contributed by atoms with van der Waals surface area (Å²) >= 11 is 0. The molecule has 0 bridgehead atoms. The number of hydrogen-bond acceptors (Lipinski definition) is 1. The molecule has 0 radical (unpaired) electrons. The van der Waals surface area contributed by atoms with E-state index in [-0.39, 0.29) is 0 Å². The largest absolute Gasteiger partial charge is 0.396 e. The minimum absolute atomic E-state index is 0.361. The molecule has 0 aliphatic rings. The molecule has 0 aromatic rings. The SMILES string of the molecule is [2H][C@@H](O)CC=C. The van der Waals surface area contributed by atoms with E-state index in [1.54, 1.807) is 0 Å². The highest BCUT2D eigenvalue weighted by atomic mass is 16.2. The van der Waals surface area contributed by atoms with Gasteiger partial charge in [0.1, 0.15) is 0 Å². The van der Waals surface area contributed by atoms with Crippen LogP contribution < -0.4 is 0 Å². The lowest BCUT2D eigenvalue weighted by molar-refractivity contribution is 0.303. The van der Waals surface area contributed by atoms with Gasteiger partial charge in [0.15, 0.2) is 0 Å². The second-order valence-electron chi connectivity index (χ2n) is 0.707. The second-order valence-corrected chi connectivity index (χ2v) is 0.707. The average molecular weight is 73.1 g/mol. The van der Waals surface area contributed by atoms with Gasteiger partial charge >= 0.3 is 0 Å². The van der Waals surface area contributed by atoms with E-state index in [9.17, 15) is 0 Å². The van der Waals surface area contributed by atoms with Crippen molar-refractivity contribution < 1.29 is 6.48 Å². The van der Waals surface area contributed by atoms with E-state index in [0.717, 1.165) is 0 Å². The van der Waals surface area contributed by atoms with Crippen molar-refractivity contribution in [3.8, 4) is 0 Å². The van der Waals surface area contributed by atoms with Gasteiger partial charge in [-0.3, -0.25) is 0 Å². The van der Waals surface area contributed by atoms with Crippen LogP contribution >= 0.6 is 0 Å². The Morgan fingerprint density at radius 2 is 2.80 bits per heavy atom. The molecule has 0 aliphatic carbocycles. The van der Waals surface area contributed by atoms with E-state index in [1.807, 2.05) is 0 Å². The van der Waals surface area contributed by atoms with Crippen LogP contribution in [0.4, 0.5) is 0 Å². The predicted molar refractivity (Wildman–Crippen MR) is 21.9 cm³/mol. The van der Waals surface area contributed by atoms with Gasteiger partial charge in [-0.1, -0.05) is 6.08 Å². The van der Waals surface area contributed by atoms with Crippen LogP contribution in [0, 0.1) is 0 Å². The Morgan fingerprint density at radius 3 is 2.80 bits per heavy atom. The maximum absolute atomic E-state index is 8.15. The van der Waals surface area contributed by atoms with E-state index in [2.05, 4.69) is 6.58 Å². The number of rotatable bonds is 2. The Labute approximate surface area is 33.3 Å². The van der Waals surface area contributed by atoms with Crippen LogP contribution in [-0.4, -0.2) is 11.7 Å². The minimum Gasteiger partial charge on any atom is -0.396 e. The fourth-order valence-electron chi connectivity index (χ4n) is 0.0745. The Morgan fingerprint density at radius 1 is 2.20 bits per heavy atom. The topological polar surface area (TPSA) is 20.2 Å². The van der Waals surface area contributed by atoms with E-state index in [4.69, 9.17) is 6.48 Å². The lowest BCUT2D eigenvalue weighted by Crippen LogP contribution is -1.71. The van der Waals surface area contributed by atoms with Crippen LogP contribution in [0.1, 0.15) is 7.79 Å². The quantitative estimate of drug-likeness (QED) is 0.473. The van der Waals surface area contributed by atoms with Crippen molar-refractivity contribution in [1.82, 2.24) is 0 Å². The molecule has 0 aromatic carbocycles. The van der Waals surface area contributed by atoms with E-state index in [0.29, 0.717) is 6.42 Å². The van der Waals surface area contributed by atoms with Gasteiger partial charge in [-0.2, -0.15) is 0 Å². The summed E-state index contributed by atoms with van der Waals surface area (Å²) in [5.41, 5.74) is 0. The van der Waals surface area contributed by atoms with Crippen molar-refractivity contribution in [2.24, 2.45) is 0 Å². The minimum atomic E-state index is -0.970. The number of hydrogen-bond donors (Lipinski definition) is 1. The summed E-state index contributed by atoms with van der Waals surface area (Å²) in [5.74, 6) is 0. The fraction of sp³-hybridized carbons (Fsp3) is 0.500. The van der Waals surface area contributed by atoms with Gasteiger partial charge in [0.2, 0.25) is 0 Å². The van der Waals surface area contributed by atoms with Crippen molar-refractivity contribution in [3.05, 3.63) is 12.7 Å². The number of aliphatic hydroxyl groups is 1. The van der Waals surface area contributed by atoms with E-state index < -0.39 is 6.58 Å². The molecule has 0 aliphatic heterocycles. The molecule has 1 nitrogen and oxygen atoms in total. The molecule has 0 saturated carbocycles. The molecule has 5 heavy (non-hydrogen) atoms. The molecule has 0 unspecified atom stereocenters. The maximum atomic E-state index is 8.15. The zero-order valence-corrected chi connectivity index (χ0v) is 3.02. The first kappa shape index (κ1) is 2.91. The predicted octanol–water partition coefficient (Wildman–Crippen LogP) is 0.555. The third-order valence-electron chi connectivity index (χ3n) is 0.272. The Bertz CT molecular complexity index is 42.8. The highest BCUT2D eigenvalue weighted by Crippen LogP contribution is 1.69. The smallest absolute Gasteiger partial charge is 0.0567 e. The second kappa shape index (κ2) is 3.70. The first-order valence-electron chi connectivity index (χ1n) is 2.06. The highest BCUT2D eigenvalue weighted by molar-refractivity contribution is 4.63. The van der Waals surface area contributed by atoms with Crippen LogP contribution in [0.15, 0.2) is 12.7 Å². The molecular weight excluding hydrogens is 64.0 g/mol. The molecule has 30 valence electrons. The molecule has 0 spiro atoms. The van der Waals surface area contributed by atoms with Crippen LogP contribution in [0.3, 0.4) is 0 Å². The summed E-state index contributed by atoms with van der Waals surface area (Å²) in [4.78, 5) is 0. The molecule has 1 heteroatoms. The van der Waals surface area contributed by atoms with Gasteiger partial charge in [-0.15, -0.1) is 6.58 Å². The van der Waals surface area contributed by atoms with E-state index >= 15 is 0 Å². The van der Waals surface area contributed by atoms with Crippen molar-refractivity contribution >= 4 is 0 Å². The van der Waals surface area contributed by atoms with Gasteiger partial charge < -0.3 is 5.11 Å². The van der Waals surface area contributed by atoms with Crippen molar-refractivity contribution in [1.29, 1.82) is 0 Å². The summed E-state index contributed by atoms with van der Waals surface area (Å²) in [6, 6.07) is 0.